The Kier molecular flexibility index (Phi) is 6.45. The predicted octanol–water partition coefficient (Wildman–Crippen LogP) is 5.50. The van der Waals surface area contributed by atoms with E-state index >= 15 is 0 Å². The predicted molar refractivity (Wildman–Crippen MR) is 125 cm³/mol. The van der Waals surface area contributed by atoms with E-state index in [1.807, 2.05) is 19.1 Å². The lowest BCUT2D eigenvalue weighted by atomic mass is 9.83. The minimum absolute atomic E-state index is 0.00475. The second kappa shape index (κ2) is 9.45. The number of rotatable bonds is 5. The van der Waals surface area contributed by atoms with Crippen LogP contribution in [0.5, 0.6) is 17.2 Å². The van der Waals surface area contributed by atoms with Crippen LogP contribution in [0.3, 0.4) is 0 Å². The number of hydrogen-bond acceptors (Lipinski definition) is 6. The van der Waals surface area contributed by atoms with Gasteiger partial charge in [-0.05, 0) is 54.4 Å². The van der Waals surface area contributed by atoms with E-state index in [-0.39, 0.29) is 18.2 Å². The fraction of sp³-hybridized carbons (Fsp3) is 0.120. The summed E-state index contributed by atoms with van der Waals surface area (Å²) >= 11 is 12.0. The first kappa shape index (κ1) is 22.5. The van der Waals surface area contributed by atoms with Crippen molar-refractivity contribution in [2.45, 2.75) is 12.8 Å². The summed E-state index contributed by atoms with van der Waals surface area (Å²) in [5.41, 5.74) is 8.70. The number of nitrogens with two attached hydrogens (primary N) is 1. The number of carbonyl (C=O) groups excluding carboxylic acids is 1. The largest absolute Gasteiger partial charge is 0.482 e. The standard InChI is InChI=1S/C25H18Cl2N2O4/c1-14-10-17(7-9-21(14)27)31-13-23(30)32-18-6-8-19-22(11-18)33-25(29)20(12-28)24(19)15-2-4-16(26)5-3-15/h2-11,24H,13,29H2,1H3. The van der Waals surface area contributed by atoms with Gasteiger partial charge in [0.1, 0.15) is 28.9 Å². The molecule has 8 heteroatoms. The molecule has 1 heterocycles. The molecular formula is C25H18Cl2N2O4. The molecule has 3 aromatic carbocycles. The number of fused-ring (bicyclic) bond motifs is 1. The number of allylic oxidation sites excluding steroid dienone is 1. The second-order valence-electron chi connectivity index (χ2n) is 7.35. The van der Waals surface area contributed by atoms with Gasteiger partial charge in [-0.15, -0.1) is 0 Å². The molecule has 0 aromatic heterocycles. The number of carbonyl (C=O) groups is 1. The minimum Gasteiger partial charge on any atom is -0.482 e. The monoisotopic (exact) mass is 480 g/mol. The van der Waals surface area contributed by atoms with E-state index in [1.165, 1.54) is 0 Å². The van der Waals surface area contributed by atoms with Crippen LogP contribution in [0.1, 0.15) is 22.6 Å². The Bertz CT molecular complexity index is 1300. The van der Waals surface area contributed by atoms with E-state index in [2.05, 4.69) is 6.07 Å². The summed E-state index contributed by atoms with van der Waals surface area (Å²) in [6.45, 7) is 1.56. The van der Waals surface area contributed by atoms with Crippen LogP contribution in [0.25, 0.3) is 0 Å². The highest BCUT2D eigenvalue weighted by atomic mass is 35.5. The molecular weight excluding hydrogens is 463 g/mol. The smallest absolute Gasteiger partial charge is 0.349 e. The van der Waals surface area contributed by atoms with Crippen molar-refractivity contribution in [3.63, 3.8) is 0 Å². The van der Waals surface area contributed by atoms with Crippen LogP contribution in [0.2, 0.25) is 10.0 Å². The highest BCUT2D eigenvalue weighted by Crippen LogP contribution is 2.43. The maximum absolute atomic E-state index is 12.3. The Morgan fingerprint density at radius 1 is 1.09 bits per heavy atom. The van der Waals surface area contributed by atoms with Gasteiger partial charge in [0.05, 0.1) is 5.92 Å². The van der Waals surface area contributed by atoms with Gasteiger partial charge in [-0.25, -0.2) is 4.79 Å². The van der Waals surface area contributed by atoms with E-state index in [1.54, 1.807) is 48.5 Å². The van der Waals surface area contributed by atoms with Gasteiger partial charge < -0.3 is 19.9 Å². The van der Waals surface area contributed by atoms with Gasteiger partial charge in [-0.2, -0.15) is 5.26 Å². The molecule has 0 bridgehead atoms. The van der Waals surface area contributed by atoms with E-state index < -0.39 is 11.9 Å². The van der Waals surface area contributed by atoms with Crippen molar-refractivity contribution in [1.82, 2.24) is 0 Å². The van der Waals surface area contributed by atoms with Crippen LogP contribution in [0.4, 0.5) is 0 Å². The quantitative estimate of drug-likeness (QED) is 0.382. The Labute approximate surface area is 200 Å². The van der Waals surface area contributed by atoms with Crippen LogP contribution in [-0.4, -0.2) is 12.6 Å². The normalized spacial score (nSPS) is 14.7. The highest BCUT2D eigenvalue weighted by Gasteiger charge is 2.31. The van der Waals surface area contributed by atoms with E-state index in [4.69, 9.17) is 43.1 Å². The summed E-state index contributed by atoms with van der Waals surface area (Å²) in [4.78, 5) is 12.3. The average molecular weight is 481 g/mol. The second-order valence-corrected chi connectivity index (χ2v) is 8.19. The number of halogens is 2. The van der Waals surface area contributed by atoms with Crippen molar-refractivity contribution in [3.05, 3.63) is 98.9 Å². The van der Waals surface area contributed by atoms with Crippen molar-refractivity contribution in [2.75, 3.05) is 6.61 Å². The van der Waals surface area contributed by atoms with Gasteiger partial charge in [-0.1, -0.05) is 41.4 Å². The molecule has 1 unspecified atom stereocenters. The Morgan fingerprint density at radius 2 is 1.82 bits per heavy atom. The van der Waals surface area contributed by atoms with Gasteiger partial charge in [0, 0.05) is 21.7 Å². The molecule has 0 spiro atoms. The molecule has 2 N–H and O–H groups in total. The molecule has 0 fully saturated rings. The summed E-state index contributed by atoms with van der Waals surface area (Å²) in [7, 11) is 0. The van der Waals surface area contributed by atoms with Crippen molar-refractivity contribution >= 4 is 29.2 Å². The highest BCUT2D eigenvalue weighted by molar-refractivity contribution is 6.31. The number of benzene rings is 3. The molecule has 0 aliphatic carbocycles. The lowest BCUT2D eigenvalue weighted by Gasteiger charge is -2.26. The van der Waals surface area contributed by atoms with Crippen LogP contribution in [-0.2, 0) is 4.79 Å². The zero-order valence-corrected chi connectivity index (χ0v) is 19.0. The third kappa shape index (κ3) is 4.90. The molecule has 1 atom stereocenters. The number of esters is 1. The minimum atomic E-state index is -0.589. The maximum Gasteiger partial charge on any atom is 0.349 e. The molecule has 33 heavy (non-hydrogen) atoms. The molecule has 0 amide bonds. The van der Waals surface area contributed by atoms with Gasteiger partial charge in [0.2, 0.25) is 5.88 Å². The Morgan fingerprint density at radius 3 is 2.52 bits per heavy atom. The van der Waals surface area contributed by atoms with Crippen molar-refractivity contribution in [2.24, 2.45) is 5.73 Å². The van der Waals surface area contributed by atoms with Crippen LogP contribution in [0.15, 0.2) is 72.1 Å². The lowest BCUT2D eigenvalue weighted by Crippen LogP contribution is -2.21. The first-order valence-corrected chi connectivity index (χ1v) is 10.7. The van der Waals surface area contributed by atoms with Crippen molar-refractivity contribution in [1.29, 1.82) is 5.26 Å². The van der Waals surface area contributed by atoms with Crippen LogP contribution >= 0.6 is 23.2 Å². The topological polar surface area (TPSA) is 94.6 Å². The summed E-state index contributed by atoms with van der Waals surface area (Å²) in [6.07, 6.45) is 0. The first-order chi connectivity index (χ1) is 15.9. The molecule has 3 aromatic rings. The molecule has 1 aliphatic heterocycles. The number of aryl methyl sites for hydroxylation is 1. The van der Waals surface area contributed by atoms with Gasteiger partial charge in [0.15, 0.2) is 6.61 Å². The van der Waals surface area contributed by atoms with Gasteiger partial charge >= 0.3 is 5.97 Å². The van der Waals surface area contributed by atoms with E-state index in [9.17, 15) is 10.1 Å². The molecule has 4 rings (SSSR count). The fourth-order valence-electron chi connectivity index (χ4n) is 3.51. The number of nitrogens with zero attached hydrogens (tertiary/aromatic N) is 1. The van der Waals surface area contributed by atoms with Crippen LogP contribution < -0.4 is 19.9 Å². The summed E-state index contributed by atoms with van der Waals surface area (Å²) < 4.78 is 16.5. The Balaban J connectivity index is 1.53. The maximum atomic E-state index is 12.3. The third-order valence-electron chi connectivity index (χ3n) is 5.11. The molecule has 0 saturated carbocycles. The van der Waals surface area contributed by atoms with Crippen molar-refractivity contribution in [3.8, 4) is 23.3 Å². The van der Waals surface area contributed by atoms with Gasteiger partial charge in [-0.3, -0.25) is 0 Å². The molecule has 6 nitrogen and oxygen atoms in total. The van der Waals surface area contributed by atoms with Crippen LogP contribution in [0, 0.1) is 18.3 Å². The first-order valence-electron chi connectivity index (χ1n) is 9.92. The number of hydrogen-bond donors (Lipinski definition) is 1. The molecule has 1 aliphatic rings. The van der Waals surface area contributed by atoms with Crippen molar-refractivity contribution < 1.29 is 19.0 Å². The molecule has 0 radical (unpaired) electrons. The number of ether oxygens (including phenoxy) is 3. The average Bonchev–Trinajstić information content (AvgIpc) is 2.79. The fourth-order valence-corrected chi connectivity index (χ4v) is 3.75. The summed E-state index contributed by atoms with van der Waals surface area (Å²) in [5, 5.41) is 10.8. The summed E-state index contributed by atoms with van der Waals surface area (Å²) in [5.74, 6) is 0.139. The zero-order chi connectivity index (χ0) is 23.5. The Hall–Kier alpha value is -3.66. The molecule has 166 valence electrons. The van der Waals surface area contributed by atoms with E-state index in [0.717, 1.165) is 16.7 Å². The zero-order valence-electron chi connectivity index (χ0n) is 17.5. The summed E-state index contributed by atoms with van der Waals surface area (Å²) in [6, 6.07) is 19.3. The SMILES string of the molecule is Cc1cc(OCC(=O)Oc2ccc3c(c2)OC(N)=C(C#N)C3c2ccc(Cl)cc2)ccc1Cl. The molecule has 0 saturated heterocycles. The number of nitriles is 1. The lowest BCUT2D eigenvalue weighted by molar-refractivity contribution is -0.136. The van der Waals surface area contributed by atoms with Gasteiger partial charge in [0.25, 0.3) is 0 Å². The van der Waals surface area contributed by atoms with E-state index in [0.29, 0.717) is 27.1 Å². The third-order valence-corrected chi connectivity index (χ3v) is 5.79.